The van der Waals surface area contributed by atoms with Gasteiger partial charge >= 0.3 is 0 Å². The molecule has 0 saturated heterocycles. The average Bonchev–Trinajstić information content (AvgIpc) is 3.16. The normalized spacial score (nSPS) is 12.0. The molecule has 0 aliphatic heterocycles. The molecule has 0 saturated carbocycles. The maximum Gasteiger partial charge on any atom is 0.253 e. The molecule has 6 nitrogen and oxygen atoms in total. The zero-order valence-electron chi connectivity index (χ0n) is 15.3. The van der Waals surface area contributed by atoms with E-state index in [4.69, 9.17) is 9.26 Å². The Bertz CT molecular complexity index is 922. The predicted molar refractivity (Wildman–Crippen MR) is 105 cm³/mol. The van der Waals surface area contributed by atoms with Crippen molar-refractivity contribution in [1.82, 2.24) is 15.5 Å². The first-order valence-electron chi connectivity index (χ1n) is 8.53. The van der Waals surface area contributed by atoms with Gasteiger partial charge < -0.3 is 14.6 Å². The molecule has 1 heterocycles. The molecule has 0 fully saturated rings. The summed E-state index contributed by atoms with van der Waals surface area (Å²) in [5.74, 6) is 1.46. The highest BCUT2D eigenvalue weighted by molar-refractivity contribution is 9.10. The van der Waals surface area contributed by atoms with Gasteiger partial charge in [0.05, 0.1) is 12.7 Å². The Morgan fingerprint density at radius 2 is 1.85 bits per heavy atom. The maximum atomic E-state index is 12.7. The topological polar surface area (TPSA) is 77.3 Å². The van der Waals surface area contributed by atoms with Crippen molar-refractivity contribution in [2.75, 3.05) is 7.11 Å². The zero-order valence-corrected chi connectivity index (χ0v) is 16.9. The number of halogens is 1. The Kier molecular flexibility index (Phi) is 5.91. The summed E-state index contributed by atoms with van der Waals surface area (Å²) in [6.45, 7) is 3.98. The quantitative estimate of drug-likeness (QED) is 0.617. The van der Waals surface area contributed by atoms with Gasteiger partial charge in [0.1, 0.15) is 11.8 Å². The fourth-order valence-electron chi connectivity index (χ4n) is 2.60. The van der Waals surface area contributed by atoms with E-state index in [2.05, 4.69) is 31.4 Å². The molecule has 0 unspecified atom stereocenters. The molecule has 0 radical (unpaired) electrons. The third kappa shape index (κ3) is 4.36. The minimum Gasteiger partial charge on any atom is -0.497 e. The average molecular weight is 430 g/mol. The standard InChI is InChI=1S/C20H20BrN3O3/c1-12(2)17(22-19(25)15-6-4-5-7-16(15)21)20-23-18(24-27-20)13-8-10-14(26-3)11-9-13/h4-12,17H,1-3H3,(H,22,25)/t17-/m0/s1. The molecule has 27 heavy (non-hydrogen) atoms. The molecule has 0 aliphatic rings. The van der Waals surface area contributed by atoms with E-state index in [0.717, 1.165) is 15.8 Å². The molecule has 0 bridgehead atoms. The number of hydrogen-bond acceptors (Lipinski definition) is 5. The van der Waals surface area contributed by atoms with E-state index in [0.29, 0.717) is 17.3 Å². The highest BCUT2D eigenvalue weighted by Gasteiger charge is 2.26. The summed E-state index contributed by atoms with van der Waals surface area (Å²) < 4.78 is 11.3. The van der Waals surface area contributed by atoms with Crippen molar-refractivity contribution in [2.45, 2.75) is 19.9 Å². The first-order chi connectivity index (χ1) is 13.0. The van der Waals surface area contributed by atoms with Gasteiger partial charge in [-0.15, -0.1) is 0 Å². The van der Waals surface area contributed by atoms with Crippen molar-refractivity contribution in [3.05, 3.63) is 64.5 Å². The van der Waals surface area contributed by atoms with Gasteiger partial charge in [0.2, 0.25) is 11.7 Å². The monoisotopic (exact) mass is 429 g/mol. The fraction of sp³-hybridized carbons (Fsp3) is 0.250. The Labute approximate surface area is 166 Å². The van der Waals surface area contributed by atoms with Crippen LogP contribution in [0.25, 0.3) is 11.4 Å². The molecule has 1 aromatic heterocycles. The van der Waals surface area contributed by atoms with Gasteiger partial charge in [-0.05, 0) is 58.2 Å². The molecular weight excluding hydrogens is 410 g/mol. The molecule has 140 valence electrons. The lowest BCUT2D eigenvalue weighted by molar-refractivity contribution is 0.0913. The second-order valence-corrected chi connectivity index (χ2v) is 7.21. The third-order valence-electron chi connectivity index (χ3n) is 4.13. The number of amides is 1. The molecule has 1 atom stereocenters. The summed E-state index contributed by atoms with van der Waals surface area (Å²) in [6, 6.07) is 14.2. The summed E-state index contributed by atoms with van der Waals surface area (Å²) in [7, 11) is 1.61. The van der Waals surface area contributed by atoms with Crippen molar-refractivity contribution in [3.63, 3.8) is 0 Å². The van der Waals surface area contributed by atoms with Gasteiger partial charge in [-0.2, -0.15) is 4.98 Å². The maximum absolute atomic E-state index is 12.7. The molecule has 3 rings (SSSR count). The lowest BCUT2D eigenvalue weighted by Gasteiger charge is -2.18. The number of hydrogen-bond donors (Lipinski definition) is 1. The van der Waals surface area contributed by atoms with Crippen LogP contribution < -0.4 is 10.1 Å². The Morgan fingerprint density at radius 3 is 2.48 bits per heavy atom. The van der Waals surface area contributed by atoms with Gasteiger partial charge in [0.25, 0.3) is 5.91 Å². The lowest BCUT2D eigenvalue weighted by atomic mass is 10.0. The van der Waals surface area contributed by atoms with Crippen LogP contribution in [0.5, 0.6) is 5.75 Å². The zero-order chi connectivity index (χ0) is 19.4. The number of ether oxygens (including phenoxy) is 1. The highest BCUT2D eigenvalue weighted by atomic mass is 79.9. The van der Waals surface area contributed by atoms with E-state index in [9.17, 15) is 4.79 Å². The van der Waals surface area contributed by atoms with E-state index in [1.165, 1.54) is 0 Å². The van der Waals surface area contributed by atoms with Gasteiger partial charge in [-0.1, -0.05) is 31.1 Å². The summed E-state index contributed by atoms with van der Waals surface area (Å²) in [5.41, 5.74) is 1.36. The number of aromatic nitrogens is 2. The van der Waals surface area contributed by atoms with Crippen molar-refractivity contribution < 1.29 is 14.1 Å². The molecule has 7 heteroatoms. The molecule has 2 aromatic carbocycles. The van der Waals surface area contributed by atoms with E-state index in [-0.39, 0.29) is 11.8 Å². The summed E-state index contributed by atoms with van der Waals surface area (Å²) in [4.78, 5) is 17.1. The van der Waals surface area contributed by atoms with Gasteiger partial charge in [0, 0.05) is 10.0 Å². The van der Waals surface area contributed by atoms with Crippen molar-refractivity contribution in [1.29, 1.82) is 0 Å². The summed E-state index contributed by atoms with van der Waals surface area (Å²) >= 11 is 3.40. The molecule has 1 N–H and O–H groups in total. The van der Waals surface area contributed by atoms with E-state index >= 15 is 0 Å². The van der Waals surface area contributed by atoms with Crippen LogP contribution in [0.4, 0.5) is 0 Å². The number of nitrogens with zero attached hydrogens (tertiary/aromatic N) is 2. The largest absolute Gasteiger partial charge is 0.497 e. The van der Waals surface area contributed by atoms with Crippen LogP contribution in [0.1, 0.15) is 36.1 Å². The van der Waals surface area contributed by atoms with Crippen LogP contribution in [0.2, 0.25) is 0 Å². The minimum absolute atomic E-state index is 0.0700. The number of carbonyl (C=O) groups excluding carboxylic acids is 1. The van der Waals surface area contributed by atoms with E-state index in [1.807, 2.05) is 56.3 Å². The van der Waals surface area contributed by atoms with E-state index in [1.54, 1.807) is 13.2 Å². The van der Waals surface area contributed by atoms with Crippen molar-refractivity contribution in [3.8, 4) is 17.1 Å². The highest BCUT2D eigenvalue weighted by Crippen LogP contribution is 2.26. The molecule has 3 aromatic rings. The van der Waals surface area contributed by atoms with Crippen LogP contribution >= 0.6 is 15.9 Å². The van der Waals surface area contributed by atoms with Crippen molar-refractivity contribution >= 4 is 21.8 Å². The number of nitrogens with one attached hydrogen (secondary N) is 1. The van der Waals surface area contributed by atoms with E-state index < -0.39 is 6.04 Å². The SMILES string of the molecule is COc1ccc(-c2noc([C@@H](NC(=O)c3ccccc3Br)C(C)C)n2)cc1. The molecular formula is C20H20BrN3O3. The fourth-order valence-corrected chi connectivity index (χ4v) is 3.06. The smallest absolute Gasteiger partial charge is 0.253 e. The van der Waals surface area contributed by atoms with Gasteiger partial charge in [-0.3, -0.25) is 4.79 Å². The lowest BCUT2D eigenvalue weighted by Crippen LogP contribution is -2.32. The van der Waals surface area contributed by atoms with Crippen LogP contribution in [0.3, 0.4) is 0 Å². The summed E-state index contributed by atoms with van der Waals surface area (Å²) in [5, 5.41) is 7.04. The number of rotatable bonds is 6. The van der Waals surface area contributed by atoms with Gasteiger partial charge in [0.15, 0.2) is 0 Å². The molecule has 1 amide bonds. The Balaban J connectivity index is 1.82. The Morgan fingerprint density at radius 1 is 1.15 bits per heavy atom. The second-order valence-electron chi connectivity index (χ2n) is 6.36. The van der Waals surface area contributed by atoms with Crippen LogP contribution in [-0.2, 0) is 0 Å². The van der Waals surface area contributed by atoms with Crippen LogP contribution in [-0.4, -0.2) is 23.2 Å². The number of methoxy groups -OCH3 is 1. The Hall–Kier alpha value is -2.67. The third-order valence-corrected chi connectivity index (χ3v) is 4.82. The number of benzene rings is 2. The van der Waals surface area contributed by atoms with Crippen molar-refractivity contribution in [2.24, 2.45) is 5.92 Å². The first kappa shape index (κ1) is 19.1. The first-order valence-corrected chi connectivity index (χ1v) is 9.32. The molecule has 0 spiro atoms. The van der Waals surface area contributed by atoms with Gasteiger partial charge in [-0.25, -0.2) is 0 Å². The predicted octanol–water partition coefficient (Wildman–Crippen LogP) is 4.63. The van der Waals surface area contributed by atoms with Crippen LogP contribution in [0.15, 0.2) is 57.5 Å². The summed E-state index contributed by atoms with van der Waals surface area (Å²) in [6.07, 6.45) is 0. The molecule has 0 aliphatic carbocycles. The second kappa shape index (κ2) is 8.35. The number of carbonyl (C=O) groups is 1. The minimum atomic E-state index is -0.399. The van der Waals surface area contributed by atoms with Crippen LogP contribution in [0, 0.1) is 5.92 Å².